The van der Waals surface area contributed by atoms with Crippen LogP contribution in [0.5, 0.6) is 5.75 Å². The summed E-state index contributed by atoms with van der Waals surface area (Å²) < 4.78 is 8.87. The second-order valence-corrected chi connectivity index (χ2v) is 5.73. The molecule has 0 atom stereocenters. The molecule has 0 spiro atoms. The standard InChI is InChI=1S/C16H21BrN2O2/c1-4-13-16(17)14(19(5-2)18-13)10-21-15-7-6-11(3)8-12(15)9-20/h6-8,20H,4-5,9-10H2,1-3H3. The van der Waals surface area contributed by atoms with E-state index < -0.39 is 0 Å². The molecule has 5 heteroatoms. The molecule has 4 nitrogen and oxygen atoms in total. The third-order valence-corrected chi connectivity index (χ3v) is 4.36. The normalized spacial score (nSPS) is 10.9. The van der Waals surface area contributed by atoms with Crippen LogP contribution in [0.15, 0.2) is 22.7 Å². The Morgan fingerprint density at radius 2 is 2.10 bits per heavy atom. The molecular weight excluding hydrogens is 332 g/mol. The summed E-state index contributed by atoms with van der Waals surface area (Å²) in [5.74, 6) is 0.719. The van der Waals surface area contributed by atoms with Crippen molar-refractivity contribution in [2.24, 2.45) is 0 Å². The fourth-order valence-corrected chi connectivity index (χ4v) is 2.95. The lowest BCUT2D eigenvalue weighted by molar-refractivity contribution is 0.254. The maximum absolute atomic E-state index is 9.43. The van der Waals surface area contributed by atoms with Gasteiger partial charge in [0.2, 0.25) is 0 Å². The van der Waals surface area contributed by atoms with E-state index in [1.54, 1.807) is 0 Å². The zero-order valence-corrected chi connectivity index (χ0v) is 14.3. The first kappa shape index (κ1) is 16.0. The molecular formula is C16H21BrN2O2. The van der Waals surface area contributed by atoms with Crippen LogP contribution in [0.2, 0.25) is 0 Å². The Morgan fingerprint density at radius 1 is 1.33 bits per heavy atom. The van der Waals surface area contributed by atoms with Gasteiger partial charge in [-0.1, -0.05) is 24.6 Å². The number of ether oxygens (including phenoxy) is 1. The number of aliphatic hydroxyl groups is 1. The number of benzene rings is 1. The number of hydrogen-bond donors (Lipinski definition) is 1. The van der Waals surface area contributed by atoms with E-state index in [4.69, 9.17) is 4.74 Å². The van der Waals surface area contributed by atoms with Gasteiger partial charge in [-0.3, -0.25) is 4.68 Å². The summed E-state index contributed by atoms with van der Waals surface area (Å²) in [6.07, 6.45) is 0.882. The molecule has 0 fully saturated rings. The fraction of sp³-hybridized carbons (Fsp3) is 0.438. The van der Waals surface area contributed by atoms with Gasteiger partial charge in [-0.2, -0.15) is 5.10 Å². The number of rotatable bonds is 6. The summed E-state index contributed by atoms with van der Waals surface area (Å²) in [5, 5.41) is 14.0. The van der Waals surface area contributed by atoms with Crippen LogP contribution in [-0.4, -0.2) is 14.9 Å². The van der Waals surface area contributed by atoms with Crippen molar-refractivity contribution >= 4 is 15.9 Å². The highest BCUT2D eigenvalue weighted by Gasteiger charge is 2.15. The Bertz CT molecular complexity index is 623. The molecule has 114 valence electrons. The van der Waals surface area contributed by atoms with E-state index in [2.05, 4.69) is 34.9 Å². The first-order chi connectivity index (χ1) is 10.1. The van der Waals surface area contributed by atoms with Crippen molar-refractivity contribution in [2.75, 3.05) is 0 Å². The lowest BCUT2D eigenvalue weighted by Gasteiger charge is -2.12. The summed E-state index contributed by atoms with van der Waals surface area (Å²) in [6.45, 7) is 7.36. The molecule has 0 amide bonds. The van der Waals surface area contributed by atoms with Gasteiger partial charge >= 0.3 is 0 Å². The summed E-state index contributed by atoms with van der Waals surface area (Å²) >= 11 is 3.61. The Balaban J connectivity index is 2.22. The molecule has 1 aromatic heterocycles. The van der Waals surface area contributed by atoms with E-state index in [1.807, 2.05) is 29.8 Å². The molecule has 1 aromatic carbocycles. The fourth-order valence-electron chi connectivity index (χ4n) is 2.27. The number of aryl methyl sites for hydroxylation is 3. The second kappa shape index (κ2) is 7.09. The predicted octanol–water partition coefficient (Wildman–Crippen LogP) is 3.61. The van der Waals surface area contributed by atoms with Crippen LogP contribution in [0.3, 0.4) is 0 Å². The number of hydrogen-bond acceptors (Lipinski definition) is 3. The smallest absolute Gasteiger partial charge is 0.131 e. The molecule has 0 radical (unpaired) electrons. The summed E-state index contributed by atoms with van der Waals surface area (Å²) in [7, 11) is 0. The molecule has 1 heterocycles. The van der Waals surface area contributed by atoms with Crippen molar-refractivity contribution in [1.82, 2.24) is 9.78 Å². The molecule has 0 bridgehead atoms. The van der Waals surface area contributed by atoms with Crippen molar-refractivity contribution in [2.45, 2.75) is 47.0 Å². The number of nitrogens with zero attached hydrogens (tertiary/aromatic N) is 2. The Hall–Kier alpha value is -1.33. The largest absolute Gasteiger partial charge is 0.487 e. The first-order valence-electron chi connectivity index (χ1n) is 7.17. The summed E-state index contributed by atoms with van der Waals surface area (Å²) in [4.78, 5) is 0. The Morgan fingerprint density at radius 3 is 2.71 bits per heavy atom. The van der Waals surface area contributed by atoms with Crippen LogP contribution in [0.25, 0.3) is 0 Å². The van der Waals surface area contributed by atoms with E-state index in [0.29, 0.717) is 6.61 Å². The van der Waals surface area contributed by atoms with Gasteiger partial charge < -0.3 is 9.84 Å². The van der Waals surface area contributed by atoms with E-state index in [9.17, 15) is 5.11 Å². The quantitative estimate of drug-likeness (QED) is 0.863. The molecule has 2 aromatic rings. The van der Waals surface area contributed by atoms with Crippen molar-refractivity contribution < 1.29 is 9.84 Å². The van der Waals surface area contributed by atoms with Crippen molar-refractivity contribution in [1.29, 1.82) is 0 Å². The van der Waals surface area contributed by atoms with Crippen LogP contribution in [0.1, 0.15) is 36.4 Å². The van der Waals surface area contributed by atoms with Gasteiger partial charge in [-0.05, 0) is 42.3 Å². The SMILES string of the molecule is CCc1nn(CC)c(COc2ccc(C)cc2CO)c1Br. The third kappa shape index (κ3) is 3.47. The van der Waals surface area contributed by atoms with Crippen LogP contribution in [0.4, 0.5) is 0 Å². The maximum Gasteiger partial charge on any atom is 0.131 e. The monoisotopic (exact) mass is 352 g/mol. The topological polar surface area (TPSA) is 47.3 Å². The molecule has 21 heavy (non-hydrogen) atoms. The minimum atomic E-state index is -0.0224. The molecule has 0 unspecified atom stereocenters. The van der Waals surface area contributed by atoms with Crippen molar-refractivity contribution in [3.8, 4) is 5.75 Å². The van der Waals surface area contributed by atoms with E-state index in [1.165, 1.54) is 0 Å². The maximum atomic E-state index is 9.43. The van der Waals surface area contributed by atoms with Gasteiger partial charge in [0.05, 0.1) is 22.5 Å². The molecule has 0 saturated heterocycles. The average molecular weight is 353 g/mol. The van der Waals surface area contributed by atoms with E-state index in [-0.39, 0.29) is 6.61 Å². The summed E-state index contributed by atoms with van der Waals surface area (Å²) in [5.41, 5.74) is 3.99. The number of halogens is 1. The highest BCUT2D eigenvalue weighted by Crippen LogP contribution is 2.26. The number of aromatic nitrogens is 2. The van der Waals surface area contributed by atoms with Gasteiger partial charge in [-0.15, -0.1) is 0 Å². The van der Waals surface area contributed by atoms with Gasteiger partial charge in [0.15, 0.2) is 0 Å². The van der Waals surface area contributed by atoms with Gasteiger partial charge in [-0.25, -0.2) is 0 Å². The molecule has 0 saturated carbocycles. The molecule has 0 aliphatic rings. The Labute approximate surface area is 133 Å². The lowest BCUT2D eigenvalue weighted by Crippen LogP contribution is -2.07. The van der Waals surface area contributed by atoms with Crippen LogP contribution < -0.4 is 4.74 Å². The molecule has 0 aliphatic heterocycles. The minimum Gasteiger partial charge on any atom is -0.487 e. The highest BCUT2D eigenvalue weighted by atomic mass is 79.9. The number of aliphatic hydroxyl groups excluding tert-OH is 1. The van der Waals surface area contributed by atoms with Crippen molar-refractivity contribution in [3.63, 3.8) is 0 Å². The van der Waals surface area contributed by atoms with Gasteiger partial charge in [0, 0.05) is 12.1 Å². The molecule has 1 N–H and O–H groups in total. The van der Waals surface area contributed by atoms with Gasteiger partial charge in [0.25, 0.3) is 0 Å². The van der Waals surface area contributed by atoms with E-state index >= 15 is 0 Å². The zero-order chi connectivity index (χ0) is 15.4. The zero-order valence-electron chi connectivity index (χ0n) is 12.7. The minimum absolute atomic E-state index is 0.0224. The summed E-state index contributed by atoms with van der Waals surface area (Å²) in [6, 6.07) is 5.83. The average Bonchev–Trinajstić information content (AvgIpc) is 2.81. The van der Waals surface area contributed by atoms with Crippen molar-refractivity contribution in [3.05, 3.63) is 45.2 Å². The second-order valence-electron chi connectivity index (χ2n) is 4.93. The van der Waals surface area contributed by atoms with Gasteiger partial charge in [0.1, 0.15) is 12.4 Å². The van der Waals surface area contributed by atoms with Crippen LogP contribution in [0, 0.1) is 6.92 Å². The Kier molecular flexibility index (Phi) is 5.42. The predicted molar refractivity (Wildman–Crippen MR) is 86.4 cm³/mol. The highest BCUT2D eigenvalue weighted by molar-refractivity contribution is 9.10. The van der Waals surface area contributed by atoms with Crippen LogP contribution in [-0.2, 0) is 26.2 Å². The molecule has 2 rings (SSSR count). The lowest BCUT2D eigenvalue weighted by atomic mass is 10.1. The van der Waals surface area contributed by atoms with Crippen LogP contribution >= 0.6 is 15.9 Å². The third-order valence-electron chi connectivity index (χ3n) is 3.44. The molecule has 0 aliphatic carbocycles. The first-order valence-corrected chi connectivity index (χ1v) is 7.97. The van der Waals surface area contributed by atoms with E-state index in [0.717, 1.165) is 45.7 Å².